The summed E-state index contributed by atoms with van der Waals surface area (Å²) in [6, 6.07) is 9.69. The van der Waals surface area contributed by atoms with Gasteiger partial charge in [-0.3, -0.25) is 9.89 Å². The first-order chi connectivity index (χ1) is 14.5. The van der Waals surface area contributed by atoms with Gasteiger partial charge in [0.05, 0.1) is 6.04 Å². The Balaban J connectivity index is 0.00000341. The van der Waals surface area contributed by atoms with Crippen molar-refractivity contribution in [1.29, 1.82) is 0 Å². The second-order valence-electron chi connectivity index (χ2n) is 9.26. The zero-order valence-corrected chi connectivity index (χ0v) is 22.4. The molecule has 1 aromatic carbocycles. The van der Waals surface area contributed by atoms with Gasteiger partial charge < -0.3 is 20.4 Å². The summed E-state index contributed by atoms with van der Waals surface area (Å²) in [4.78, 5) is 12.0. The zero-order chi connectivity index (χ0) is 21.5. The van der Waals surface area contributed by atoms with Crippen molar-refractivity contribution < 1.29 is 0 Å². The average Bonchev–Trinajstić information content (AvgIpc) is 3.29. The molecule has 2 aliphatic heterocycles. The van der Waals surface area contributed by atoms with Gasteiger partial charge in [-0.15, -0.1) is 24.0 Å². The second kappa shape index (κ2) is 12.8. The van der Waals surface area contributed by atoms with E-state index in [-0.39, 0.29) is 30.0 Å². The van der Waals surface area contributed by atoms with E-state index in [0.717, 1.165) is 38.7 Å². The first kappa shape index (κ1) is 26.2. The van der Waals surface area contributed by atoms with E-state index < -0.39 is 0 Å². The highest BCUT2D eigenvalue weighted by molar-refractivity contribution is 14.0. The first-order valence-corrected chi connectivity index (χ1v) is 11.7. The highest BCUT2D eigenvalue weighted by Crippen LogP contribution is 2.24. The summed E-state index contributed by atoms with van der Waals surface area (Å²) >= 11 is 0. The molecule has 2 unspecified atom stereocenters. The molecule has 3 rings (SSSR count). The molecule has 2 N–H and O–H groups in total. The number of nitrogens with zero attached hydrogens (tertiary/aromatic N) is 4. The smallest absolute Gasteiger partial charge is 0.191 e. The van der Waals surface area contributed by atoms with Crippen LogP contribution in [0.4, 0.5) is 5.69 Å². The van der Waals surface area contributed by atoms with E-state index >= 15 is 0 Å². The summed E-state index contributed by atoms with van der Waals surface area (Å²) < 4.78 is 0. The zero-order valence-electron chi connectivity index (χ0n) is 20.1. The van der Waals surface area contributed by atoms with E-state index in [1.807, 2.05) is 7.05 Å². The van der Waals surface area contributed by atoms with E-state index in [0.29, 0.717) is 12.0 Å². The first-order valence-electron chi connectivity index (χ1n) is 11.7. The lowest BCUT2D eigenvalue weighted by Gasteiger charge is -2.40. The van der Waals surface area contributed by atoms with Crippen LogP contribution in [-0.2, 0) is 0 Å². The van der Waals surface area contributed by atoms with E-state index in [2.05, 4.69) is 82.4 Å². The van der Waals surface area contributed by atoms with Crippen LogP contribution in [0, 0.1) is 5.92 Å². The monoisotopic (exact) mass is 542 g/mol. The Kier molecular flexibility index (Phi) is 10.9. The Labute approximate surface area is 206 Å². The van der Waals surface area contributed by atoms with Crippen LogP contribution in [0.5, 0.6) is 0 Å². The molecule has 0 spiro atoms. The SMILES string of the molecule is CN=C(NCC(C(C)C)N1CCN(C)CC1)NC(C)c1cccc(N2CCCC2)c1.I. The van der Waals surface area contributed by atoms with Gasteiger partial charge in [0, 0.05) is 64.6 Å². The van der Waals surface area contributed by atoms with Crippen molar-refractivity contribution in [3.63, 3.8) is 0 Å². The lowest BCUT2D eigenvalue weighted by Crippen LogP contribution is -2.55. The van der Waals surface area contributed by atoms with Crippen molar-refractivity contribution in [2.45, 2.75) is 45.7 Å². The number of hydrogen-bond acceptors (Lipinski definition) is 4. The third-order valence-electron chi connectivity index (χ3n) is 6.67. The molecule has 1 aromatic rings. The molecular formula is C24H43IN6. The minimum absolute atomic E-state index is 0. The van der Waals surface area contributed by atoms with E-state index in [1.165, 1.54) is 37.2 Å². The van der Waals surface area contributed by atoms with Gasteiger partial charge in [-0.2, -0.15) is 0 Å². The number of guanidine groups is 1. The Hall–Kier alpha value is -1.06. The topological polar surface area (TPSA) is 46.1 Å². The standard InChI is InChI=1S/C24H42N6.HI/c1-19(2)23(30-15-13-28(5)14-16-30)18-26-24(25-4)27-20(3)21-9-8-10-22(17-21)29-11-6-7-12-29;/h8-10,17,19-20,23H,6-7,11-16,18H2,1-5H3,(H2,25,26,27);1H. The van der Waals surface area contributed by atoms with Crippen LogP contribution in [0.15, 0.2) is 29.3 Å². The van der Waals surface area contributed by atoms with Crippen LogP contribution in [0.3, 0.4) is 0 Å². The Morgan fingerprint density at radius 1 is 1.03 bits per heavy atom. The summed E-state index contributed by atoms with van der Waals surface area (Å²) in [6.45, 7) is 14.7. The highest BCUT2D eigenvalue weighted by Gasteiger charge is 2.25. The van der Waals surface area contributed by atoms with Crippen LogP contribution >= 0.6 is 24.0 Å². The largest absolute Gasteiger partial charge is 0.372 e. The molecule has 0 bridgehead atoms. The van der Waals surface area contributed by atoms with Gasteiger partial charge in [0.1, 0.15) is 0 Å². The number of hydrogen-bond donors (Lipinski definition) is 2. The molecule has 2 fully saturated rings. The van der Waals surface area contributed by atoms with Crippen LogP contribution < -0.4 is 15.5 Å². The molecule has 0 aromatic heterocycles. The predicted molar refractivity (Wildman–Crippen MR) is 144 cm³/mol. The van der Waals surface area contributed by atoms with E-state index in [1.54, 1.807) is 0 Å². The fourth-order valence-corrected chi connectivity index (χ4v) is 4.59. The summed E-state index contributed by atoms with van der Waals surface area (Å²) in [5.74, 6) is 1.49. The molecule has 176 valence electrons. The molecule has 0 aliphatic carbocycles. The Morgan fingerprint density at radius 2 is 1.71 bits per heavy atom. The molecule has 0 amide bonds. The van der Waals surface area contributed by atoms with Crippen molar-refractivity contribution in [3.8, 4) is 0 Å². The van der Waals surface area contributed by atoms with Crippen LogP contribution in [-0.4, -0.2) is 81.7 Å². The molecule has 31 heavy (non-hydrogen) atoms. The number of anilines is 1. The van der Waals surface area contributed by atoms with Gasteiger partial charge in [0.15, 0.2) is 5.96 Å². The Bertz CT molecular complexity index is 680. The lowest BCUT2D eigenvalue weighted by atomic mass is 10.0. The molecule has 2 heterocycles. The minimum Gasteiger partial charge on any atom is -0.372 e. The number of rotatable bonds is 7. The van der Waals surface area contributed by atoms with Crippen molar-refractivity contribution in [1.82, 2.24) is 20.4 Å². The molecule has 2 saturated heterocycles. The highest BCUT2D eigenvalue weighted by atomic mass is 127. The van der Waals surface area contributed by atoms with Gasteiger partial charge in [-0.25, -0.2) is 0 Å². The Morgan fingerprint density at radius 3 is 2.32 bits per heavy atom. The lowest BCUT2D eigenvalue weighted by molar-refractivity contribution is 0.0900. The van der Waals surface area contributed by atoms with Crippen molar-refractivity contribution in [3.05, 3.63) is 29.8 Å². The summed E-state index contributed by atoms with van der Waals surface area (Å²) in [5, 5.41) is 7.20. The van der Waals surface area contributed by atoms with Crippen molar-refractivity contribution in [2.75, 3.05) is 64.8 Å². The van der Waals surface area contributed by atoms with Crippen molar-refractivity contribution >= 4 is 35.6 Å². The number of likely N-dealkylation sites (N-methyl/N-ethyl adjacent to an activating group) is 1. The molecule has 2 atom stereocenters. The third-order valence-corrected chi connectivity index (χ3v) is 6.67. The molecule has 0 saturated carbocycles. The van der Waals surface area contributed by atoms with Gasteiger partial charge in [-0.05, 0) is 50.4 Å². The van der Waals surface area contributed by atoms with Gasteiger partial charge in [0.2, 0.25) is 0 Å². The van der Waals surface area contributed by atoms with Crippen LogP contribution in [0.1, 0.15) is 45.2 Å². The average molecular weight is 543 g/mol. The normalized spacial score (nSPS) is 20.5. The quantitative estimate of drug-likeness (QED) is 0.314. The number of halogens is 1. The van der Waals surface area contributed by atoms with Crippen LogP contribution in [0.25, 0.3) is 0 Å². The third kappa shape index (κ3) is 7.49. The maximum Gasteiger partial charge on any atom is 0.191 e. The van der Waals surface area contributed by atoms with Gasteiger partial charge in [0.25, 0.3) is 0 Å². The molecule has 7 heteroatoms. The number of piperazine rings is 1. The summed E-state index contributed by atoms with van der Waals surface area (Å²) in [7, 11) is 4.08. The maximum atomic E-state index is 4.50. The number of benzene rings is 1. The van der Waals surface area contributed by atoms with Gasteiger partial charge in [-0.1, -0.05) is 26.0 Å². The van der Waals surface area contributed by atoms with E-state index in [9.17, 15) is 0 Å². The van der Waals surface area contributed by atoms with E-state index in [4.69, 9.17) is 0 Å². The molecule has 2 aliphatic rings. The predicted octanol–water partition coefficient (Wildman–Crippen LogP) is 3.40. The molecular weight excluding hydrogens is 499 g/mol. The fourth-order valence-electron chi connectivity index (χ4n) is 4.59. The summed E-state index contributed by atoms with van der Waals surface area (Å²) in [6.07, 6.45) is 2.61. The minimum atomic E-state index is 0. The van der Waals surface area contributed by atoms with Crippen LogP contribution in [0.2, 0.25) is 0 Å². The fraction of sp³-hybridized carbons (Fsp3) is 0.708. The maximum absolute atomic E-state index is 4.50. The molecule has 0 radical (unpaired) electrons. The molecule has 6 nitrogen and oxygen atoms in total. The van der Waals surface area contributed by atoms with Crippen molar-refractivity contribution in [2.24, 2.45) is 10.9 Å². The van der Waals surface area contributed by atoms with Gasteiger partial charge >= 0.3 is 0 Å². The number of nitrogens with one attached hydrogen (secondary N) is 2. The summed E-state index contributed by atoms with van der Waals surface area (Å²) in [5.41, 5.74) is 2.65. The second-order valence-corrected chi connectivity index (χ2v) is 9.26. The number of aliphatic imine (C=N–C) groups is 1.